The molecule has 0 aromatic rings. The summed E-state index contributed by atoms with van der Waals surface area (Å²) in [6.07, 6.45) is 12.7. The van der Waals surface area contributed by atoms with Gasteiger partial charge in [-0.2, -0.15) is 0 Å². The highest BCUT2D eigenvalue weighted by atomic mass is 16.6. The van der Waals surface area contributed by atoms with Crippen molar-refractivity contribution in [3.63, 3.8) is 0 Å². The summed E-state index contributed by atoms with van der Waals surface area (Å²) < 4.78 is 0. The summed E-state index contributed by atoms with van der Waals surface area (Å²) in [7, 11) is 0. The van der Waals surface area contributed by atoms with Gasteiger partial charge in [0.1, 0.15) is 0 Å². The first-order valence-electron chi connectivity index (χ1n) is 13.0. The number of hydrogen-bond donors (Lipinski definition) is 0. The van der Waals surface area contributed by atoms with Crippen molar-refractivity contribution in [2.24, 2.45) is 46.3 Å². The van der Waals surface area contributed by atoms with Crippen molar-refractivity contribution < 1.29 is 9.72 Å². The van der Waals surface area contributed by atoms with Crippen LogP contribution in [0.2, 0.25) is 0 Å². The number of carbonyl (C=O) groups excluding carboxylic acids is 1. The minimum atomic E-state index is -0.652. The molecule has 0 saturated heterocycles. The Labute approximate surface area is 188 Å². The molecule has 0 amide bonds. The van der Waals surface area contributed by atoms with Crippen LogP contribution in [0.15, 0.2) is 11.6 Å². The van der Waals surface area contributed by atoms with Crippen LogP contribution in [0.5, 0.6) is 0 Å². The Hall–Kier alpha value is -1.19. The Morgan fingerprint density at radius 3 is 2.52 bits per heavy atom. The van der Waals surface area contributed by atoms with Gasteiger partial charge in [0.25, 0.3) is 0 Å². The van der Waals surface area contributed by atoms with Crippen molar-refractivity contribution in [2.45, 2.75) is 105 Å². The molecule has 0 unspecified atom stereocenters. The SMILES string of the molecule is CC(C)CCC[C@@H](C)[C@H]1CC[C@H]2[C@@H]3C[C@@H]([N+](=O)[O-])C4=CC(=O)CC[C@]4(C)[C@H]3CC[C@]12C. The Kier molecular flexibility index (Phi) is 6.15. The second-order valence-electron chi connectivity index (χ2n) is 12.4. The average Bonchev–Trinajstić information content (AvgIpc) is 3.05. The zero-order valence-corrected chi connectivity index (χ0v) is 20.4. The fraction of sp³-hybridized carbons (Fsp3) is 0.889. The van der Waals surface area contributed by atoms with Gasteiger partial charge >= 0.3 is 0 Å². The Bertz CT molecular complexity index is 758. The standard InChI is InChI=1S/C27H43NO3/c1-17(2)7-6-8-18(3)21-9-10-22-20-16-25(28(30)31)24-15-19(29)11-13-27(24,5)23(20)12-14-26(21,22)4/h15,17-18,20-23,25H,6-14,16H2,1-5H3/t18-,20+,21-,22+,23+,25-,26-,27-/m1/s1. The number of ketones is 1. The zero-order valence-electron chi connectivity index (χ0n) is 20.4. The Morgan fingerprint density at radius 2 is 1.84 bits per heavy atom. The smallest absolute Gasteiger partial charge is 0.235 e. The van der Waals surface area contributed by atoms with Gasteiger partial charge in [0.2, 0.25) is 6.04 Å². The number of fused-ring (bicyclic) bond motifs is 5. The van der Waals surface area contributed by atoms with Crippen LogP contribution in [0, 0.1) is 56.5 Å². The van der Waals surface area contributed by atoms with Crippen molar-refractivity contribution in [3.05, 3.63) is 21.8 Å². The first-order chi connectivity index (χ1) is 14.6. The predicted molar refractivity (Wildman–Crippen MR) is 124 cm³/mol. The number of nitro groups is 1. The molecule has 4 aliphatic rings. The minimum Gasteiger partial charge on any atom is -0.295 e. The van der Waals surface area contributed by atoms with E-state index in [1.165, 1.54) is 44.9 Å². The molecule has 4 nitrogen and oxygen atoms in total. The van der Waals surface area contributed by atoms with Crippen LogP contribution >= 0.6 is 0 Å². The van der Waals surface area contributed by atoms with E-state index >= 15 is 0 Å². The van der Waals surface area contributed by atoms with Gasteiger partial charge in [0.15, 0.2) is 5.78 Å². The first kappa shape index (κ1) is 23.0. The maximum atomic E-state index is 12.2. The van der Waals surface area contributed by atoms with E-state index in [9.17, 15) is 14.9 Å². The molecule has 0 aromatic carbocycles. The fourth-order valence-electron chi connectivity index (χ4n) is 8.83. The maximum absolute atomic E-state index is 12.2. The lowest BCUT2D eigenvalue weighted by Crippen LogP contribution is -2.55. The molecule has 4 aliphatic carbocycles. The van der Waals surface area contributed by atoms with Crippen LogP contribution in [0.3, 0.4) is 0 Å². The molecule has 8 atom stereocenters. The van der Waals surface area contributed by atoms with Gasteiger partial charge in [-0.25, -0.2) is 0 Å². The number of hydrogen-bond acceptors (Lipinski definition) is 3. The third-order valence-electron chi connectivity index (χ3n) is 10.4. The highest BCUT2D eigenvalue weighted by Gasteiger charge is 2.62. The molecule has 31 heavy (non-hydrogen) atoms. The van der Waals surface area contributed by atoms with Crippen LogP contribution in [0.25, 0.3) is 0 Å². The number of carbonyl (C=O) groups is 1. The van der Waals surface area contributed by atoms with Crippen LogP contribution in [-0.4, -0.2) is 16.7 Å². The normalized spacial score (nSPS) is 43.1. The van der Waals surface area contributed by atoms with Crippen molar-refractivity contribution in [1.29, 1.82) is 0 Å². The summed E-state index contributed by atoms with van der Waals surface area (Å²) >= 11 is 0. The van der Waals surface area contributed by atoms with Crippen LogP contribution in [0.4, 0.5) is 0 Å². The topological polar surface area (TPSA) is 60.2 Å². The van der Waals surface area contributed by atoms with Gasteiger partial charge < -0.3 is 0 Å². The van der Waals surface area contributed by atoms with Crippen LogP contribution < -0.4 is 0 Å². The van der Waals surface area contributed by atoms with E-state index in [4.69, 9.17) is 0 Å². The molecule has 0 bridgehead atoms. The van der Waals surface area contributed by atoms with Gasteiger partial charge in [-0.05, 0) is 84.5 Å². The summed E-state index contributed by atoms with van der Waals surface area (Å²) in [6.45, 7) is 11.9. The second kappa shape index (κ2) is 8.30. The Morgan fingerprint density at radius 1 is 1.10 bits per heavy atom. The highest BCUT2D eigenvalue weighted by Crippen LogP contribution is 2.67. The number of nitrogens with zero attached hydrogens (tertiary/aromatic N) is 1. The molecular formula is C27H43NO3. The predicted octanol–water partition coefficient (Wildman–Crippen LogP) is 6.85. The van der Waals surface area contributed by atoms with E-state index in [2.05, 4.69) is 34.6 Å². The summed E-state index contributed by atoms with van der Waals surface area (Å²) in [5.74, 6) is 3.95. The maximum Gasteiger partial charge on any atom is 0.235 e. The van der Waals surface area contributed by atoms with Gasteiger partial charge in [-0.3, -0.25) is 14.9 Å². The third-order valence-corrected chi connectivity index (χ3v) is 10.4. The second-order valence-corrected chi connectivity index (χ2v) is 12.4. The molecule has 174 valence electrons. The van der Waals surface area contributed by atoms with Crippen molar-refractivity contribution in [1.82, 2.24) is 0 Å². The van der Waals surface area contributed by atoms with E-state index in [-0.39, 0.29) is 16.1 Å². The zero-order chi connectivity index (χ0) is 22.6. The average molecular weight is 430 g/mol. The van der Waals surface area contributed by atoms with E-state index < -0.39 is 6.04 Å². The molecule has 0 heterocycles. The molecule has 3 fully saturated rings. The summed E-state index contributed by atoms with van der Waals surface area (Å²) in [4.78, 5) is 24.2. The molecule has 4 rings (SSSR count). The lowest BCUT2D eigenvalue weighted by molar-refractivity contribution is -0.520. The molecule has 3 saturated carbocycles. The molecule has 0 N–H and O–H groups in total. The lowest BCUT2D eigenvalue weighted by atomic mass is 9.45. The number of rotatable bonds is 6. The van der Waals surface area contributed by atoms with E-state index in [1.807, 2.05) is 0 Å². The molecule has 0 radical (unpaired) electrons. The highest BCUT2D eigenvalue weighted by molar-refractivity contribution is 5.91. The van der Waals surface area contributed by atoms with Crippen LogP contribution in [-0.2, 0) is 4.79 Å². The molecule has 0 aromatic heterocycles. The summed E-state index contributed by atoms with van der Waals surface area (Å²) in [5.41, 5.74) is 1.04. The van der Waals surface area contributed by atoms with Crippen molar-refractivity contribution in [2.75, 3.05) is 0 Å². The van der Waals surface area contributed by atoms with E-state index in [1.54, 1.807) is 6.08 Å². The third kappa shape index (κ3) is 3.80. The van der Waals surface area contributed by atoms with Gasteiger partial charge in [0.05, 0.1) is 0 Å². The molecule has 0 spiro atoms. The van der Waals surface area contributed by atoms with Crippen LogP contribution in [0.1, 0.15) is 98.8 Å². The summed E-state index contributed by atoms with van der Waals surface area (Å²) in [6, 6.07) is -0.652. The van der Waals surface area contributed by atoms with Gasteiger partial charge in [-0.15, -0.1) is 0 Å². The largest absolute Gasteiger partial charge is 0.295 e. The Balaban J connectivity index is 1.58. The quantitative estimate of drug-likeness (QED) is 0.342. The lowest BCUT2D eigenvalue weighted by Gasteiger charge is -2.58. The minimum absolute atomic E-state index is 0.0776. The molecule has 4 heteroatoms. The van der Waals surface area contributed by atoms with E-state index in [0.717, 1.165) is 29.7 Å². The van der Waals surface area contributed by atoms with Crippen molar-refractivity contribution in [3.8, 4) is 0 Å². The monoisotopic (exact) mass is 429 g/mol. The molecular weight excluding hydrogens is 386 g/mol. The molecule has 0 aliphatic heterocycles. The fourth-order valence-corrected chi connectivity index (χ4v) is 8.83. The first-order valence-corrected chi connectivity index (χ1v) is 13.0. The van der Waals surface area contributed by atoms with Gasteiger partial charge in [0, 0.05) is 23.3 Å². The summed E-state index contributed by atoms with van der Waals surface area (Å²) in [5, 5.41) is 12.1. The van der Waals surface area contributed by atoms with Crippen molar-refractivity contribution >= 4 is 5.78 Å². The van der Waals surface area contributed by atoms with Gasteiger partial charge in [-0.1, -0.05) is 53.9 Å². The van der Waals surface area contributed by atoms with E-state index in [0.29, 0.717) is 36.0 Å².